The topological polar surface area (TPSA) is 67.9 Å². The van der Waals surface area contributed by atoms with Gasteiger partial charge in [0, 0.05) is 29.8 Å². The Kier molecular flexibility index (Phi) is 4.52. The van der Waals surface area contributed by atoms with E-state index in [4.69, 9.17) is 0 Å². The number of nitrogens with one attached hydrogen (secondary N) is 1. The average Bonchev–Trinajstić information content (AvgIpc) is 2.62. The van der Waals surface area contributed by atoms with E-state index >= 15 is 0 Å². The van der Waals surface area contributed by atoms with Crippen molar-refractivity contribution < 1.29 is 19.0 Å². The second-order valence-electron chi connectivity index (χ2n) is 5.71. The zero-order valence-electron chi connectivity index (χ0n) is 12.9. The van der Waals surface area contributed by atoms with Gasteiger partial charge >= 0.3 is 0 Å². The van der Waals surface area contributed by atoms with Crippen LogP contribution in [0.15, 0.2) is 48.5 Å². The van der Waals surface area contributed by atoms with Crippen molar-refractivity contribution in [3.63, 3.8) is 0 Å². The van der Waals surface area contributed by atoms with E-state index in [2.05, 4.69) is 0 Å². The minimum absolute atomic E-state index is 0.0866. The summed E-state index contributed by atoms with van der Waals surface area (Å²) in [4.78, 5) is 25.7. The molecular formula is C17H17FN3O3+. The largest absolute Gasteiger partial charge is 0.327 e. The summed E-state index contributed by atoms with van der Waals surface area (Å²) in [6.07, 6.45) is 0. The molecule has 0 aromatic heterocycles. The Hall–Kier alpha value is -2.80. The summed E-state index contributed by atoms with van der Waals surface area (Å²) in [6, 6.07) is 12.2. The van der Waals surface area contributed by atoms with Crippen molar-refractivity contribution >= 4 is 17.3 Å². The lowest BCUT2D eigenvalue weighted by atomic mass is 10.1. The van der Waals surface area contributed by atoms with E-state index in [1.165, 1.54) is 35.2 Å². The lowest BCUT2D eigenvalue weighted by molar-refractivity contribution is -0.837. The van der Waals surface area contributed by atoms with Crippen molar-refractivity contribution in [1.29, 1.82) is 0 Å². The zero-order chi connectivity index (χ0) is 17.1. The monoisotopic (exact) mass is 330 g/mol. The molecule has 2 aromatic carbocycles. The number of carbonyl (C=O) groups is 1. The molecule has 124 valence electrons. The molecule has 0 saturated carbocycles. The van der Waals surface area contributed by atoms with Crippen LogP contribution >= 0.6 is 0 Å². The molecule has 3 rings (SSSR count). The number of quaternary nitrogens is 1. The summed E-state index contributed by atoms with van der Waals surface area (Å²) in [5.74, 6) is -0.463. The number of halogens is 1. The van der Waals surface area contributed by atoms with Crippen LogP contribution in [0.5, 0.6) is 0 Å². The van der Waals surface area contributed by atoms with E-state index < -0.39 is 4.92 Å². The molecule has 1 aliphatic heterocycles. The molecule has 1 heterocycles. The van der Waals surface area contributed by atoms with Gasteiger partial charge in [0.05, 0.1) is 31.1 Å². The van der Waals surface area contributed by atoms with Gasteiger partial charge in [0.25, 0.3) is 11.6 Å². The van der Waals surface area contributed by atoms with Crippen LogP contribution in [-0.2, 0) is 0 Å². The number of piperazine rings is 1. The van der Waals surface area contributed by atoms with Gasteiger partial charge in [-0.25, -0.2) is 4.39 Å². The first kappa shape index (κ1) is 16.1. The fourth-order valence-electron chi connectivity index (χ4n) is 2.89. The number of rotatable bonds is 3. The second-order valence-corrected chi connectivity index (χ2v) is 5.71. The summed E-state index contributed by atoms with van der Waals surface area (Å²) < 4.78 is 13.0. The SMILES string of the molecule is O=C(c1cccc([N+](=O)[O-])c1)N1CC[NH+](c2ccc(F)cc2)CC1. The molecule has 1 amide bonds. The number of benzene rings is 2. The first-order chi connectivity index (χ1) is 11.5. The summed E-state index contributed by atoms with van der Waals surface area (Å²) >= 11 is 0. The quantitative estimate of drug-likeness (QED) is 0.683. The molecule has 1 aliphatic rings. The van der Waals surface area contributed by atoms with Crippen LogP contribution in [0.25, 0.3) is 0 Å². The second kappa shape index (κ2) is 6.76. The maximum Gasteiger partial charge on any atom is 0.270 e. The molecule has 0 bridgehead atoms. The summed E-state index contributed by atoms with van der Waals surface area (Å²) in [5.41, 5.74) is 1.24. The minimum Gasteiger partial charge on any atom is -0.327 e. The van der Waals surface area contributed by atoms with Gasteiger partial charge in [0.15, 0.2) is 0 Å². The molecule has 0 radical (unpaired) electrons. The third-order valence-electron chi connectivity index (χ3n) is 4.21. The molecular weight excluding hydrogens is 313 g/mol. The van der Waals surface area contributed by atoms with Crippen LogP contribution in [-0.4, -0.2) is 41.9 Å². The molecule has 6 nitrogen and oxygen atoms in total. The Balaban J connectivity index is 1.66. The van der Waals surface area contributed by atoms with Gasteiger partial charge in [-0.3, -0.25) is 19.8 Å². The highest BCUT2D eigenvalue weighted by atomic mass is 19.1. The lowest BCUT2D eigenvalue weighted by Crippen LogP contribution is -3.10. The maximum absolute atomic E-state index is 13.0. The van der Waals surface area contributed by atoms with E-state index in [0.29, 0.717) is 31.7 Å². The van der Waals surface area contributed by atoms with Crippen LogP contribution in [0.3, 0.4) is 0 Å². The van der Waals surface area contributed by atoms with E-state index in [9.17, 15) is 19.3 Å². The van der Waals surface area contributed by atoms with Crippen LogP contribution in [0.4, 0.5) is 15.8 Å². The molecule has 1 fully saturated rings. The Morgan fingerprint density at radius 1 is 1.12 bits per heavy atom. The van der Waals surface area contributed by atoms with E-state index in [1.807, 2.05) is 0 Å². The lowest BCUT2D eigenvalue weighted by Gasteiger charge is -2.32. The smallest absolute Gasteiger partial charge is 0.270 e. The molecule has 1 N–H and O–H groups in total. The highest BCUT2D eigenvalue weighted by molar-refractivity contribution is 5.94. The summed E-state index contributed by atoms with van der Waals surface area (Å²) in [7, 11) is 0. The molecule has 0 unspecified atom stereocenters. The standard InChI is InChI=1S/C17H16FN3O3/c18-14-4-6-15(7-5-14)19-8-10-20(11-9-19)17(22)13-2-1-3-16(12-13)21(23)24/h1-7,12H,8-11H2/p+1. The number of carbonyl (C=O) groups excluding carboxylic acids is 1. The van der Waals surface area contributed by atoms with Crippen LogP contribution in [0.2, 0.25) is 0 Å². The first-order valence-electron chi connectivity index (χ1n) is 7.69. The fourth-order valence-corrected chi connectivity index (χ4v) is 2.89. The van der Waals surface area contributed by atoms with Gasteiger partial charge in [0.1, 0.15) is 11.5 Å². The number of non-ortho nitro benzene ring substituents is 1. The normalized spacial score (nSPS) is 15.3. The number of hydrogen-bond acceptors (Lipinski definition) is 3. The van der Waals surface area contributed by atoms with E-state index in [-0.39, 0.29) is 17.4 Å². The Labute approximate surface area is 138 Å². The van der Waals surface area contributed by atoms with E-state index in [1.54, 1.807) is 23.1 Å². The Morgan fingerprint density at radius 3 is 2.42 bits per heavy atom. The van der Waals surface area contributed by atoms with Crippen LogP contribution in [0, 0.1) is 15.9 Å². The number of nitro benzene ring substituents is 1. The van der Waals surface area contributed by atoms with Gasteiger partial charge in [-0.2, -0.15) is 0 Å². The predicted molar refractivity (Wildman–Crippen MR) is 85.8 cm³/mol. The van der Waals surface area contributed by atoms with Crippen molar-refractivity contribution in [2.24, 2.45) is 0 Å². The van der Waals surface area contributed by atoms with Crippen molar-refractivity contribution in [3.05, 3.63) is 70.0 Å². The fraction of sp³-hybridized carbons (Fsp3) is 0.235. The number of nitrogens with zero attached hydrogens (tertiary/aromatic N) is 2. The first-order valence-corrected chi connectivity index (χ1v) is 7.69. The number of hydrogen-bond donors (Lipinski definition) is 1. The molecule has 0 spiro atoms. The van der Waals surface area contributed by atoms with E-state index in [0.717, 1.165) is 5.69 Å². The van der Waals surface area contributed by atoms with Crippen LogP contribution < -0.4 is 4.90 Å². The Morgan fingerprint density at radius 2 is 1.79 bits per heavy atom. The van der Waals surface area contributed by atoms with Crippen molar-refractivity contribution in [1.82, 2.24) is 4.90 Å². The minimum atomic E-state index is -0.507. The van der Waals surface area contributed by atoms with Crippen molar-refractivity contribution in [2.75, 3.05) is 26.2 Å². The van der Waals surface area contributed by atoms with Crippen molar-refractivity contribution in [2.45, 2.75) is 0 Å². The van der Waals surface area contributed by atoms with Crippen molar-refractivity contribution in [3.8, 4) is 0 Å². The third-order valence-corrected chi connectivity index (χ3v) is 4.21. The highest BCUT2D eigenvalue weighted by Gasteiger charge is 2.26. The summed E-state index contributed by atoms with van der Waals surface area (Å²) in [6.45, 7) is 2.53. The third kappa shape index (κ3) is 3.41. The molecule has 0 aliphatic carbocycles. The van der Waals surface area contributed by atoms with Gasteiger partial charge in [0.2, 0.25) is 0 Å². The summed E-state index contributed by atoms with van der Waals surface area (Å²) in [5, 5.41) is 10.8. The highest BCUT2D eigenvalue weighted by Crippen LogP contribution is 2.15. The maximum atomic E-state index is 13.0. The molecule has 24 heavy (non-hydrogen) atoms. The van der Waals surface area contributed by atoms with Crippen LogP contribution in [0.1, 0.15) is 10.4 Å². The van der Waals surface area contributed by atoms with Gasteiger partial charge in [-0.05, 0) is 18.2 Å². The Bertz CT molecular complexity index is 756. The molecule has 2 aromatic rings. The average molecular weight is 330 g/mol. The van der Waals surface area contributed by atoms with Gasteiger partial charge in [-0.1, -0.05) is 6.07 Å². The number of amides is 1. The molecule has 7 heteroatoms. The predicted octanol–water partition coefficient (Wildman–Crippen LogP) is 1.41. The molecule has 1 saturated heterocycles. The number of nitro groups is 1. The van der Waals surface area contributed by atoms with Gasteiger partial charge < -0.3 is 4.90 Å². The molecule has 0 atom stereocenters. The zero-order valence-corrected chi connectivity index (χ0v) is 12.9. The van der Waals surface area contributed by atoms with Gasteiger partial charge in [-0.15, -0.1) is 0 Å².